The van der Waals surface area contributed by atoms with Crippen molar-refractivity contribution in [3.8, 4) is 12.1 Å². The van der Waals surface area contributed by atoms with Crippen LogP contribution in [0.4, 0.5) is 8.78 Å². The molecule has 2 unspecified atom stereocenters. The molecule has 0 bridgehead atoms. The normalized spacial score (nSPS) is 20.4. The van der Waals surface area contributed by atoms with Crippen molar-refractivity contribution < 1.29 is 18.1 Å². The zero-order valence-electron chi connectivity index (χ0n) is 19.0. The van der Waals surface area contributed by atoms with Crippen LogP contribution >= 0.6 is 11.6 Å². The number of nitro groups is 1. The van der Waals surface area contributed by atoms with E-state index in [4.69, 9.17) is 16.0 Å². The zero-order valence-corrected chi connectivity index (χ0v) is 19.8. The third-order valence-corrected chi connectivity index (χ3v) is 6.94. The summed E-state index contributed by atoms with van der Waals surface area (Å²) < 4.78 is 35.1. The molecule has 12 heteroatoms. The van der Waals surface area contributed by atoms with E-state index < -0.39 is 39.6 Å². The smallest absolute Gasteiger partial charge is 0.299 e. The van der Waals surface area contributed by atoms with E-state index in [1.165, 1.54) is 41.6 Å². The number of hydrogen-bond acceptors (Lipinski definition) is 8. The van der Waals surface area contributed by atoms with Gasteiger partial charge in [0.15, 0.2) is 22.9 Å². The van der Waals surface area contributed by atoms with E-state index in [9.17, 15) is 25.0 Å². The van der Waals surface area contributed by atoms with Gasteiger partial charge in [-0.2, -0.15) is 10.5 Å². The van der Waals surface area contributed by atoms with Crippen molar-refractivity contribution in [1.82, 2.24) is 14.8 Å². The van der Waals surface area contributed by atoms with Gasteiger partial charge >= 0.3 is 0 Å². The molecule has 37 heavy (non-hydrogen) atoms. The minimum absolute atomic E-state index is 0.0104. The van der Waals surface area contributed by atoms with Crippen LogP contribution in [0.5, 0.6) is 0 Å². The first-order valence-electron chi connectivity index (χ1n) is 11.1. The van der Waals surface area contributed by atoms with Gasteiger partial charge in [0, 0.05) is 31.4 Å². The summed E-state index contributed by atoms with van der Waals surface area (Å²) in [6.07, 6.45) is 2.80. The molecule has 0 radical (unpaired) electrons. The van der Waals surface area contributed by atoms with Crippen LogP contribution in [-0.4, -0.2) is 32.8 Å². The monoisotopic (exact) mass is 522 g/mol. The molecule has 1 fully saturated rings. The van der Waals surface area contributed by atoms with Crippen molar-refractivity contribution in [3.63, 3.8) is 0 Å². The third-order valence-electron chi connectivity index (χ3n) is 6.72. The highest BCUT2D eigenvalue weighted by Gasteiger charge is 2.64. The Morgan fingerprint density at radius 1 is 1.19 bits per heavy atom. The Morgan fingerprint density at radius 2 is 1.97 bits per heavy atom. The van der Waals surface area contributed by atoms with Crippen molar-refractivity contribution in [2.24, 2.45) is 5.41 Å². The maximum atomic E-state index is 15.2. The lowest BCUT2D eigenvalue weighted by Crippen LogP contribution is -2.49. The van der Waals surface area contributed by atoms with Gasteiger partial charge in [0.2, 0.25) is 0 Å². The van der Waals surface area contributed by atoms with Crippen LogP contribution in [0, 0.1) is 49.8 Å². The van der Waals surface area contributed by atoms with Gasteiger partial charge in [0.1, 0.15) is 16.8 Å². The van der Waals surface area contributed by atoms with Gasteiger partial charge in [-0.15, -0.1) is 0 Å². The first kappa shape index (κ1) is 24.2. The molecular weight excluding hydrogens is 506 g/mol. The van der Waals surface area contributed by atoms with Gasteiger partial charge in [-0.3, -0.25) is 10.1 Å². The van der Waals surface area contributed by atoms with Gasteiger partial charge in [0.25, 0.3) is 5.70 Å². The second-order valence-electron chi connectivity index (χ2n) is 8.66. The van der Waals surface area contributed by atoms with E-state index >= 15 is 4.39 Å². The standard InChI is InChI=1S/C25H17ClF2N6O3/c26-19-7-6-15(11-31-19)12-32-8-9-33-23(16-3-1-4-17(27)21(16)28)25(13-29,14-30)20(18-5-2-10-37-18)22(24(32)33)34(35)36/h1-7,10-11,20,23H,8-9,12H2. The summed E-state index contributed by atoms with van der Waals surface area (Å²) in [5, 5.41) is 33.7. The predicted molar refractivity (Wildman–Crippen MR) is 125 cm³/mol. The summed E-state index contributed by atoms with van der Waals surface area (Å²) in [5.74, 6) is -3.81. The van der Waals surface area contributed by atoms with Crippen LogP contribution < -0.4 is 0 Å². The van der Waals surface area contributed by atoms with Gasteiger partial charge < -0.3 is 14.2 Å². The number of nitrogens with zero attached hydrogens (tertiary/aromatic N) is 6. The van der Waals surface area contributed by atoms with E-state index in [0.717, 1.165) is 6.07 Å². The number of allylic oxidation sites excluding steroid dienone is 1. The van der Waals surface area contributed by atoms with Crippen LogP contribution in [0.1, 0.15) is 28.8 Å². The molecule has 0 spiro atoms. The fourth-order valence-corrected chi connectivity index (χ4v) is 5.34. The van der Waals surface area contributed by atoms with E-state index in [2.05, 4.69) is 4.98 Å². The largest absolute Gasteiger partial charge is 0.468 e. The molecule has 2 aromatic heterocycles. The number of benzene rings is 1. The first-order chi connectivity index (χ1) is 17.8. The third kappa shape index (κ3) is 3.76. The highest BCUT2D eigenvalue weighted by atomic mass is 35.5. The molecule has 4 heterocycles. The van der Waals surface area contributed by atoms with Crippen molar-refractivity contribution in [1.29, 1.82) is 10.5 Å². The summed E-state index contributed by atoms with van der Waals surface area (Å²) in [6, 6.07) is 12.2. The summed E-state index contributed by atoms with van der Waals surface area (Å²) in [7, 11) is 0. The van der Waals surface area contributed by atoms with Crippen LogP contribution in [0.2, 0.25) is 5.15 Å². The van der Waals surface area contributed by atoms with E-state index in [-0.39, 0.29) is 41.9 Å². The topological polar surface area (TPSA) is 123 Å². The second-order valence-corrected chi connectivity index (χ2v) is 9.04. The number of hydrogen-bond donors (Lipinski definition) is 0. The number of furan rings is 1. The number of pyridine rings is 1. The summed E-state index contributed by atoms with van der Waals surface area (Å²) in [6.45, 7) is 0.549. The summed E-state index contributed by atoms with van der Waals surface area (Å²) >= 11 is 5.89. The fourth-order valence-electron chi connectivity index (χ4n) is 5.23. The fraction of sp³-hybridized carbons (Fsp3) is 0.240. The SMILES string of the molecule is N#CC1(C#N)C(c2ccco2)C([N+](=O)[O-])=C2N(Cc3ccc(Cl)nc3)CCN2C1c1cccc(F)c1F. The van der Waals surface area contributed by atoms with Crippen LogP contribution in [0.25, 0.3) is 0 Å². The summed E-state index contributed by atoms with van der Waals surface area (Å²) in [5.41, 5.74) is -2.22. The van der Waals surface area contributed by atoms with E-state index in [0.29, 0.717) is 5.56 Å². The Bertz CT molecular complexity index is 1470. The molecule has 0 amide bonds. The molecule has 2 atom stereocenters. The molecule has 0 aliphatic carbocycles. The Labute approximate surface area is 214 Å². The molecule has 0 saturated carbocycles. The van der Waals surface area contributed by atoms with Crippen LogP contribution in [-0.2, 0) is 6.54 Å². The molecule has 186 valence electrons. The molecule has 1 saturated heterocycles. The number of aromatic nitrogens is 1. The Balaban J connectivity index is 1.79. The van der Waals surface area contributed by atoms with Crippen LogP contribution in [0.3, 0.4) is 0 Å². The van der Waals surface area contributed by atoms with Crippen LogP contribution in [0.15, 0.2) is 70.9 Å². The number of nitriles is 2. The zero-order chi connectivity index (χ0) is 26.3. The van der Waals surface area contributed by atoms with E-state index in [1.54, 1.807) is 17.0 Å². The van der Waals surface area contributed by atoms with Crippen molar-refractivity contribution >= 4 is 11.6 Å². The molecule has 9 nitrogen and oxygen atoms in total. The van der Waals surface area contributed by atoms with Gasteiger partial charge in [-0.25, -0.2) is 13.8 Å². The van der Waals surface area contributed by atoms with Crippen molar-refractivity contribution in [2.75, 3.05) is 13.1 Å². The number of rotatable bonds is 5. The van der Waals surface area contributed by atoms with Crippen molar-refractivity contribution in [3.05, 3.63) is 110 Å². The Hall–Kier alpha value is -4.48. The average Bonchev–Trinajstić information content (AvgIpc) is 3.56. The molecule has 2 aliphatic heterocycles. The molecule has 2 aliphatic rings. The lowest BCUT2D eigenvalue weighted by Gasteiger charge is -2.45. The van der Waals surface area contributed by atoms with E-state index in [1.807, 2.05) is 12.1 Å². The second kappa shape index (κ2) is 9.19. The highest BCUT2D eigenvalue weighted by molar-refractivity contribution is 6.29. The molecule has 0 N–H and O–H groups in total. The molecular formula is C25H17ClF2N6O3. The summed E-state index contributed by atoms with van der Waals surface area (Å²) in [4.78, 5) is 19.2. The highest BCUT2D eigenvalue weighted by Crippen LogP contribution is 2.58. The van der Waals surface area contributed by atoms with Crippen molar-refractivity contribution in [2.45, 2.75) is 18.5 Å². The van der Waals surface area contributed by atoms with Gasteiger partial charge in [-0.05, 0) is 29.8 Å². The number of fused-ring (bicyclic) bond motifs is 1. The Morgan fingerprint density at radius 3 is 2.59 bits per heavy atom. The quantitative estimate of drug-likeness (QED) is 0.267. The van der Waals surface area contributed by atoms with Gasteiger partial charge in [0.05, 0.1) is 29.4 Å². The maximum absolute atomic E-state index is 15.2. The molecule has 3 aromatic rings. The maximum Gasteiger partial charge on any atom is 0.299 e. The first-order valence-corrected chi connectivity index (χ1v) is 11.5. The lowest BCUT2D eigenvalue weighted by atomic mass is 9.65. The molecule has 1 aromatic carbocycles. The molecule has 5 rings (SSSR count). The minimum Gasteiger partial charge on any atom is -0.468 e. The Kier molecular flexibility index (Phi) is 6.02. The number of halogens is 3. The van der Waals surface area contributed by atoms with Gasteiger partial charge in [-0.1, -0.05) is 29.8 Å². The lowest BCUT2D eigenvalue weighted by molar-refractivity contribution is -0.438. The predicted octanol–water partition coefficient (Wildman–Crippen LogP) is 4.74. The average molecular weight is 523 g/mol. The minimum atomic E-state index is -2.23.